The van der Waals surface area contributed by atoms with E-state index in [1.807, 2.05) is 17.0 Å². The van der Waals surface area contributed by atoms with Gasteiger partial charge in [-0.3, -0.25) is 4.79 Å². The van der Waals surface area contributed by atoms with Gasteiger partial charge in [0.15, 0.2) is 12.4 Å². The van der Waals surface area contributed by atoms with Gasteiger partial charge in [0.25, 0.3) is 5.91 Å². The van der Waals surface area contributed by atoms with Crippen molar-refractivity contribution in [3.8, 4) is 17.0 Å². The summed E-state index contributed by atoms with van der Waals surface area (Å²) >= 11 is 5.97. The van der Waals surface area contributed by atoms with E-state index in [4.69, 9.17) is 27.1 Å². The third kappa shape index (κ3) is 5.09. The number of hydrogen-bond acceptors (Lipinski definition) is 7. The van der Waals surface area contributed by atoms with E-state index in [9.17, 15) is 9.18 Å². The van der Waals surface area contributed by atoms with Crippen LogP contribution in [-0.2, 0) is 4.79 Å². The fraction of sp³-hybridized carbons (Fsp3) is 0.200. The summed E-state index contributed by atoms with van der Waals surface area (Å²) in [5.74, 6) is 0.900. The molecule has 2 N–H and O–H groups in total. The second-order valence-electron chi connectivity index (χ2n) is 8.09. The van der Waals surface area contributed by atoms with Gasteiger partial charge in [0.2, 0.25) is 5.95 Å². The molecular formula is C25H22ClFN6O2. The average Bonchev–Trinajstić information content (AvgIpc) is 2.87. The van der Waals surface area contributed by atoms with E-state index in [1.165, 1.54) is 12.1 Å². The first-order valence-electron chi connectivity index (χ1n) is 11.1. The highest BCUT2D eigenvalue weighted by atomic mass is 35.5. The molecule has 35 heavy (non-hydrogen) atoms. The van der Waals surface area contributed by atoms with Crippen LogP contribution < -0.4 is 15.4 Å². The van der Waals surface area contributed by atoms with Gasteiger partial charge in [0.1, 0.15) is 17.1 Å². The molecule has 2 aromatic carbocycles. The third-order valence-electron chi connectivity index (χ3n) is 5.77. The van der Waals surface area contributed by atoms with Crippen molar-refractivity contribution >= 4 is 40.3 Å². The summed E-state index contributed by atoms with van der Waals surface area (Å²) in [4.78, 5) is 30.0. The molecule has 4 aromatic rings. The van der Waals surface area contributed by atoms with E-state index in [2.05, 4.69) is 9.97 Å². The number of rotatable bonds is 5. The predicted molar refractivity (Wildman–Crippen MR) is 133 cm³/mol. The molecule has 1 aliphatic rings. The van der Waals surface area contributed by atoms with Crippen molar-refractivity contribution in [3.63, 3.8) is 0 Å². The maximum atomic E-state index is 13.3. The highest BCUT2D eigenvalue weighted by Crippen LogP contribution is 2.28. The first kappa shape index (κ1) is 22.8. The van der Waals surface area contributed by atoms with Gasteiger partial charge in [0.05, 0.1) is 11.2 Å². The summed E-state index contributed by atoms with van der Waals surface area (Å²) in [6.45, 7) is 2.04. The Balaban J connectivity index is 1.31. The van der Waals surface area contributed by atoms with Crippen molar-refractivity contribution in [1.82, 2.24) is 19.9 Å². The average molecular weight is 493 g/mol. The molecule has 1 saturated heterocycles. The molecule has 0 spiro atoms. The van der Waals surface area contributed by atoms with Gasteiger partial charge in [-0.05, 0) is 54.6 Å². The van der Waals surface area contributed by atoms with E-state index in [0.717, 1.165) is 5.56 Å². The molecule has 5 rings (SSSR count). The Kier molecular flexibility index (Phi) is 6.33. The molecule has 1 fully saturated rings. The van der Waals surface area contributed by atoms with Gasteiger partial charge >= 0.3 is 0 Å². The maximum absolute atomic E-state index is 13.3. The monoisotopic (exact) mass is 492 g/mol. The number of carbonyl (C=O) groups excluding carboxylic acids is 1. The van der Waals surface area contributed by atoms with E-state index in [0.29, 0.717) is 59.5 Å². The summed E-state index contributed by atoms with van der Waals surface area (Å²) in [5.41, 5.74) is 8.65. The van der Waals surface area contributed by atoms with Crippen molar-refractivity contribution in [2.75, 3.05) is 43.4 Å². The number of halogens is 2. The largest absolute Gasteiger partial charge is 0.484 e. The van der Waals surface area contributed by atoms with Crippen molar-refractivity contribution in [2.45, 2.75) is 0 Å². The van der Waals surface area contributed by atoms with Crippen LogP contribution in [0.2, 0.25) is 5.02 Å². The van der Waals surface area contributed by atoms with Gasteiger partial charge in [-0.1, -0.05) is 17.7 Å². The van der Waals surface area contributed by atoms with Crippen LogP contribution >= 0.6 is 11.6 Å². The number of pyridine rings is 1. The summed E-state index contributed by atoms with van der Waals surface area (Å²) in [6.07, 6.45) is 0. The number of benzene rings is 2. The fourth-order valence-electron chi connectivity index (χ4n) is 3.98. The zero-order valence-corrected chi connectivity index (χ0v) is 19.5. The van der Waals surface area contributed by atoms with Crippen LogP contribution in [0.15, 0.2) is 60.7 Å². The molecule has 2 aromatic heterocycles. The van der Waals surface area contributed by atoms with Crippen LogP contribution in [0, 0.1) is 5.82 Å². The molecule has 8 nitrogen and oxygen atoms in total. The molecular weight excluding hydrogens is 471 g/mol. The zero-order valence-electron chi connectivity index (χ0n) is 18.7. The molecule has 178 valence electrons. The maximum Gasteiger partial charge on any atom is 0.260 e. The number of amides is 1. The summed E-state index contributed by atoms with van der Waals surface area (Å²) in [5, 5.41) is 0.552. The third-order valence-corrected chi connectivity index (χ3v) is 6.01. The lowest BCUT2D eigenvalue weighted by molar-refractivity contribution is -0.133. The summed E-state index contributed by atoms with van der Waals surface area (Å²) in [7, 11) is 0. The predicted octanol–water partition coefficient (Wildman–Crippen LogP) is 3.79. The number of anilines is 2. The molecule has 0 unspecified atom stereocenters. The summed E-state index contributed by atoms with van der Waals surface area (Å²) < 4.78 is 18.9. The first-order chi connectivity index (χ1) is 17.0. The van der Waals surface area contributed by atoms with Crippen molar-refractivity contribution in [2.24, 2.45) is 0 Å². The van der Waals surface area contributed by atoms with Crippen molar-refractivity contribution < 1.29 is 13.9 Å². The molecule has 1 amide bonds. The topological polar surface area (TPSA) is 97.5 Å². The normalized spacial score (nSPS) is 13.8. The SMILES string of the molecule is Nc1nc(N2CCN(C(=O)COc3cccc(Cl)c3)CC2)c2nc(-c3ccc(F)cc3)ccc2n1. The summed E-state index contributed by atoms with van der Waals surface area (Å²) in [6, 6.07) is 16.7. The number of ether oxygens (including phenoxy) is 1. The smallest absolute Gasteiger partial charge is 0.260 e. The molecule has 3 heterocycles. The van der Waals surface area contributed by atoms with Crippen LogP contribution in [0.25, 0.3) is 22.3 Å². The van der Waals surface area contributed by atoms with Gasteiger partial charge in [-0.2, -0.15) is 4.98 Å². The Morgan fingerprint density at radius 1 is 1.00 bits per heavy atom. The van der Waals surface area contributed by atoms with Crippen LogP contribution in [0.4, 0.5) is 16.2 Å². The van der Waals surface area contributed by atoms with Gasteiger partial charge in [0, 0.05) is 36.8 Å². The van der Waals surface area contributed by atoms with E-state index in [1.54, 1.807) is 41.3 Å². The quantitative estimate of drug-likeness (QED) is 0.452. The minimum Gasteiger partial charge on any atom is -0.484 e. The second-order valence-corrected chi connectivity index (χ2v) is 8.53. The van der Waals surface area contributed by atoms with Gasteiger partial charge in [-0.25, -0.2) is 14.4 Å². The van der Waals surface area contributed by atoms with Crippen molar-refractivity contribution in [1.29, 1.82) is 0 Å². The Hall–Kier alpha value is -3.98. The number of piperazine rings is 1. The molecule has 10 heteroatoms. The Labute approximate surface area is 206 Å². The lowest BCUT2D eigenvalue weighted by atomic mass is 10.1. The zero-order chi connectivity index (χ0) is 24.4. The standard InChI is InChI=1S/C25H22ClFN6O2/c26-17-2-1-3-19(14-17)35-15-22(34)32-10-12-33(13-11-32)24-23-21(30-25(28)31-24)9-8-20(29-23)16-4-6-18(27)7-5-16/h1-9,14H,10-13,15H2,(H2,28,30,31). The second kappa shape index (κ2) is 9.71. The van der Waals surface area contributed by atoms with E-state index in [-0.39, 0.29) is 24.3 Å². The molecule has 0 aliphatic carbocycles. The van der Waals surface area contributed by atoms with Crippen LogP contribution in [0.3, 0.4) is 0 Å². The van der Waals surface area contributed by atoms with Gasteiger partial charge in [-0.15, -0.1) is 0 Å². The first-order valence-corrected chi connectivity index (χ1v) is 11.5. The van der Waals surface area contributed by atoms with Gasteiger partial charge < -0.3 is 20.3 Å². The number of nitrogen functional groups attached to an aromatic ring is 1. The van der Waals surface area contributed by atoms with E-state index < -0.39 is 0 Å². The van der Waals surface area contributed by atoms with Crippen LogP contribution in [0.1, 0.15) is 0 Å². The molecule has 0 atom stereocenters. The lowest BCUT2D eigenvalue weighted by Crippen LogP contribution is -2.50. The Morgan fingerprint density at radius 3 is 2.51 bits per heavy atom. The van der Waals surface area contributed by atoms with E-state index >= 15 is 0 Å². The van der Waals surface area contributed by atoms with Crippen LogP contribution in [0.5, 0.6) is 5.75 Å². The Bertz CT molecular complexity index is 1380. The number of nitrogens with zero attached hydrogens (tertiary/aromatic N) is 5. The number of aromatic nitrogens is 3. The lowest BCUT2D eigenvalue weighted by Gasteiger charge is -2.35. The highest BCUT2D eigenvalue weighted by molar-refractivity contribution is 6.30. The van der Waals surface area contributed by atoms with Crippen molar-refractivity contribution in [3.05, 3.63) is 71.5 Å². The molecule has 0 bridgehead atoms. The number of nitrogens with two attached hydrogens (primary N) is 1. The molecule has 1 aliphatic heterocycles. The minimum atomic E-state index is -0.309. The highest BCUT2D eigenvalue weighted by Gasteiger charge is 2.24. The number of hydrogen-bond donors (Lipinski definition) is 1. The number of fused-ring (bicyclic) bond motifs is 1. The van der Waals surface area contributed by atoms with Crippen LogP contribution in [-0.4, -0.2) is 58.5 Å². The Morgan fingerprint density at radius 2 is 1.77 bits per heavy atom. The number of carbonyl (C=O) groups is 1. The molecule has 0 radical (unpaired) electrons. The fourth-order valence-corrected chi connectivity index (χ4v) is 4.16. The minimum absolute atomic E-state index is 0.0632. The molecule has 0 saturated carbocycles.